The van der Waals surface area contributed by atoms with Gasteiger partial charge in [-0.3, -0.25) is 14.6 Å². The van der Waals surface area contributed by atoms with Crippen LogP contribution < -0.4 is 15.5 Å². The Morgan fingerprint density at radius 2 is 2.04 bits per heavy atom. The van der Waals surface area contributed by atoms with E-state index in [1.165, 1.54) is 6.07 Å². The van der Waals surface area contributed by atoms with Crippen molar-refractivity contribution in [3.63, 3.8) is 0 Å². The van der Waals surface area contributed by atoms with Crippen molar-refractivity contribution in [2.24, 2.45) is 5.10 Å². The quantitative estimate of drug-likeness (QED) is 0.518. The van der Waals surface area contributed by atoms with Crippen molar-refractivity contribution in [3.05, 3.63) is 58.3 Å². The van der Waals surface area contributed by atoms with Gasteiger partial charge in [0.1, 0.15) is 5.75 Å². The molecular formula is C18H18Cl2N4O3. The number of aromatic nitrogens is 1. The normalized spacial score (nSPS) is 11.0. The van der Waals surface area contributed by atoms with E-state index >= 15 is 0 Å². The molecule has 0 bridgehead atoms. The van der Waals surface area contributed by atoms with Crippen LogP contribution in [-0.4, -0.2) is 29.1 Å². The van der Waals surface area contributed by atoms with E-state index in [-0.39, 0.29) is 18.9 Å². The standard InChI is InChI=1S/C18H18Cl2N4O3/c1-12(7-17(25)22-10-13-3-2-6-21-9-13)23-24-18(26)11-27-16-5-4-14(19)8-15(16)20/h2-6,8-9H,7,10-11H2,1H3,(H,22,25)(H,24,26)/b23-12+. The van der Waals surface area contributed by atoms with Gasteiger partial charge in [0.15, 0.2) is 6.61 Å². The van der Waals surface area contributed by atoms with E-state index in [0.29, 0.717) is 28.1 Å². The fourth-order valence-corrected chi connectivity index (χ4v) is 2.43. The van der Waals surface area contributed by atoms with E-state index < -0.39 is 5.91 Å². The van der Waals surface area contributed by atoms with E-state index in [9.17, 15) is 9.59 Å². The van der Waals surface area contributed by atoms with Crippen LogP contribution in [0.5, 0.6) is 5.75 Å². The largest absolute Gasteiger partial charge is 0.482 e. The van der Waals surface area contributed by atoms with Crippen molar-refractivity contribution in [2.45, 2.75) is 19.9 Å². The minimum absolute atomic E-state index is 0.0599. The molecule has 0 radical (unpaired) electrons. The maximum Gasteiger partial charge on any atom is 0.277 e. The molecule has 2 rings (SSSR count). The van der Waals surface area contributed by atoms with Crippen molar-refractivity contribution < 1.29 is 14.3 Å². The molecule has 0 aliphatic rings. The Morgan fingerprint density at radius 3 is 2.74 bits per heavy atom. The van der Waals surface area contributed by atoms with Crippen LogP contribution in [0.25, 0.3) is 0 Å². The maximum absolute atomic E-state index is 11.9. The lowest BCUT2D eigenvalue weighted by Crippen LogP contribution is -2.28. The molecule has 7 nitrogen and oxygen atoms in total. The predicted molar refractivity (Wildman–Crippen MR) is 104 cm³/mol. The minimum Gasteiger partial charge on any atom is -0.482 e. The van der Waals surface area contributed by atoms with Crippen LogP contribution in [0.2, 0.25) is 10.0 Å². The molecule has 0 atom stereocenters. The molecule has 0 saturated carbocycles. The van der Waals surface area contributed by atoms with Crippen molar-refractivity contribution in [1.82, 2.24) is 15.7 Å². The molecule has 0 saturated heterocycles. The van der Waals surface area contributed by atoms with E-state index in [1.807, 2.05) is 6.07 Å². The number of hydrogen-bond acceptors (Lipinski definition) is 5. The zero-order valence-electron chi connectivity index (χ0n) is 14.5. The fourth-order valence-electron chi connectivity index (χ4n) is 1.96. The first kappa shape index (κ1) is 20.7. The molecule has 0 unspecified atom stereocenters. The van der Waals surface area contributed by atoms with E-state index in [1.54, 1.807) is 37.5 Å². The van der Waals surface area contributed by atoms with Gasteiger partial charge in [0.05, 0.1) is 11.4 Å². The number of pyridine rings is 1. The lowest BCUT2D eigenvalue weighted by Gasteiger charge is -2.08. The van der Waals surface area contributed by atoms with Crippen LogP contribution in [0.3, 0.4) is 0 Å². The van der Waals surface area contributed by atoms with Gasteiger partial charge in [-0.15, -0.1) is 0 Å². The monoisotopic (exact) mass is 408 g/mol. The topological polar surface area (TPSA) is 92.7 Å². The average Bonchev–Trinajstić information content (AvgIpc) is 2.65. The van der Waals surface area contributed by atoms with Gasteiger partial charge in [0.2, 0.25) is 5.91 Å². The predicted octanol–water partition coefficient (Wildman–Crippen LogP) is 2.97. The highest BCUT2D eigenvalue weighted by atomic mass is 35.5. The Hall–Kier alpha value is -2.64. The summed E-state index contributed by atoms with van der Waals surface area (Å²) >= 11 is 11.7. The van der Waals surface area contributed by atoms with Gasteiger partial charge < -0.3 is 10.1 Å². The summed E-state index contributed by atoms with van der Waals surface area (Å²) < 4.78 is 5.30. The first-order chi connectivity index (χ1) is 12.9. The molecule has 0 aliphatic heterocycles. The van der Waals surface area contributed by atoms with Gasteiger partial charge in [0, 0.05) is 29.7 Å². The molecule has 2 aromatic rings. The molecule has 0 aliphatic carbocycles. The summed E-state index contributed by atoms with van der Waals surface area (Å²) in [7, 11) is 0. The summed E-state index contributed by atoms with van der Waals surface area (Å²) in [5.41, 5.74) is 3.68. The molecule has 0 spiro atoms. The third-order valence-corrected chi connectivity index (χ3v) is 3.78. The van der Waals surface area contributed by atoms with Crippen LogP contribution in [-0.2, 0) is 16.1 Å². The number of nitrogens with zero attached hydrogens (tertiary/aromatic N) is 2. The number of amides is 2. The summed E-state index contributed by atoms with van der Waals surface area (Å²) in [6, 6.07) is 8.35. The third-order valence-electron chi connectivity index (χ3n) is 3.25. The smallest absolute Gasteiger partial charge is 0.277 e. The molecule has 1 aromatic heterocycles. The van der Waals surface area contributed by atoms with Gasteiger partial charge in [-0.1, -0.05) is 29.3 Å². The lowest BCUT2D eigenvalue weighted by atomic mass is 10.2. The number of rotatable bonds is 8. The molecule has 1 heterocycles. The Bertz CT molecular complexity index is 829. The van der Waals surface area contributed by atoms with Crippen LogP contribution >= 0.6 is 23.2 Å². The Labute approximate surface area is 166 Å². The summed E-state index contributed by atoms with van der Waals surface area (Å²) in [6.45, 7) is 1.74. The highest BCUT2D eigenvalue weighted by Crippen LogP contribution is 2.27. The Balaban J connectivity index is 1.72. The Morgan fingerprint density at radius 1 is 1.22 bits per heavy atom. The number of nitrogens with one attached hydrogen (secondary N) is 2. The van der Waals surface area contributed by atoms with Crippen molar-refractivity contribution in [2.75, 3.05) is 6.61 Å². The minimum atomic E-state index is -0.476. The van der Waals surface area contributed by atoms with Gasteiger partial charge in [-0.25, -0.2) is 5.43 Å². The highest BCUT2D eigenvalue weighted by molar-refractivity contribution is 6.35. The molecular weight excluding hydrogens is 391 g/mol. The summed E-state index contributed by atoms with van der Waals surface area (Å²) in [6.07, 6.45) is 3.40. The number of carbonyl (C=O) groups is 2. The average molecular weight is 409 g/mol. The first-order valence-electron chi connectivity index (χ1n) is 7.99. The summed E-state index contributed by atoms with van der Waals surface area (Å²) in [4.78, 5) is 27.6. The molecule has 0 fully saturated rings. The number of benzene rings is 1. The van der Waals surface area contributed by atoms with Crippen LogP contribution in [0.1, 0.15) is 18.9 Å². The van der Waals surface area contributed by atoms with E-state index in [4.69, 9.17) is 27.9 Å². The number of hydrazone groups is 1. The maximum atomic E-state index is 11.9. The SMILES string of the molecule is C/C(CC(=O)NCc1cccnc1)=N\NC(=O)COc1ccc(Cl)cc1Cl. The lowest BCUT2D eigenvalue weighted by molar-refractivity contribution is -0.123. The zero-order chi connectivity index (χ0) is 19.6. The van der Waals surface area contributed by atoms with Gasteiger partial charge in [-0.2, -0.15) is 5.10 Å². The summed E-state index contributed by atoms with van der Waals surface area (Å²) in [5, 5.41) is 7.41. The first-order valence-corrected chi connectivity index (χ1v) is 8.75. The number of carbonyl (C=O) groups excluding carboxylic acids is 2. The summed E-state index contributed by atoms with van der Waals surface area (Å²) in [5.74, 6) is -0.346. The van der Waals surface area contributed by atoms with Gasteiger partial charge >= 0.3 is 0 Å². The van der Waals surface area contributed by atoms with Gasteiger partial charge in [-0.05, 0) is 36.8 Å². The molecule has 2 amide bonds. The fraction of sp³-hybridized carbons (Fsp3) is 0.222. The van der Waals surface area contributed by atoms with Crippen molar-refractivity contribution >= 4 is 40.7 Å². The van der Waals surface area contributed by atoms with E-state index in [2.05, 4.69) is 20.8 Å². The van der Waals surface area contributed by atoms with Crippen LogP contribution in [0.15, 0.2) is 47.8 Å². The molecule has 2 N–H and O–H groups in total. The zero-order valence-corrected chi connectivity index (χ0v) is 16.0. The number of ether oxygens (including phenoxy) is 1. The second-order valence-corrected chi connectivity index (χ2v) is 6.40. The van der Waals surface area contributed by atoms with E-state index in [0.717, 1.165) is 5.56 Å². The molecule has 27 heavy (non-hydrogen) atoms. The number of hydrogen-bond donors (Lipinski definition) is 2. The van der Waals surface area contributed by atoms with Crippen molar-refractivity contribution in [1.29, 1.82) is 0 Å². The number of halogens is 2. The molecule has 142 valence electrons. The third kappa shape index (κ3) is 7.64. The molecule has 9 heteroatoms. The van der Waals surface area contributed by atoms with Crippen LogP contribution in [0.4, 0.5) is 0 Å². The van der Waals surface area contributed by atoms with Gasteiger partial charge in [0.25, 0.3) is 5.91 Å². The highest BCUT2D eigenvalue weighted by Gasteiger charge is 2.07. The second kappa shape index (κ2) is 10.5. The Kier molecular flexibility index (Phi) is 8.03. The molecule has 1 aromatic carbocycles. The van der Waals surface area contributed by atoms with Crippen molar-refractivity contribution in [3.8, 4) is 5.75 Å². The van der Waals surface area contributed by atoms with Crippen LogP contribution in [0, 0.1) is 0 Å². The second-order valence-electron chi connectivity index (χ2n) is 5.56.